The van der Waals surface area contributed by atoms with E-state index in [1.54, 1.807) is 6.08 Å². The van der Waals surface area contributed by atoms with Crippen LogP contribution >= 0.6 is 0 Å². The highest BCUT2D eigenvalue weighted by atomic mass is 19.1. The molecule has 2 aliphatic carbocycles. The molecule has 4 rings (SSSR count). The number of hydrogen-bond donors (Lipinski definition) is 0. The van der Waals surface area contributed by atoms with Gasteiger partial charge in [-0.2, -0.15) is 0 Å². The number of benzene rings is 2. The van der Waals surface area contributed by atoms with Crippen molar-refractivity contribution in [1.29, 1.82) is 0 Å². The first-order valence-corrected chi connectivity index (χ1v) is 12.6. The highest BCUT2D eigenvalue weighted by Crippen LogP contribution is 2.47. The molecule has 0 heterocycles. The molecule has 5 heteroatoms. The van der Waals surface area contributed by atoms with Crippen molar-refractivity contribution in [2.75, 3.05) is 6.61 Å². The lowest BCUT2D eigenvalue weighted by Crippen LogP contribution is -2.33. The molecule has 0 bridgehead atoms. The third-order valence-corrected chi connectivity index (χ3v) is 7.57. The summed E-state index contributed by atoms with van der Waals surface area (Å²) in [5.74, 6) is 3.35. The van der Waals surface area contributed by atoms with Crippen molar-refractivity contribution in [3.8, 4) is 11.8 Å². The zero-order valence-electron chi connectivity index (χ0n) is 20.2. The molecule has 1 nitrogen and oxygen atoms in total. The Morgan fingerprint density at radius 3 is 2.20 bits per heavy atom. The number of ether oxygens (including phenoxy) is 1. The first-order valence-electron chi connectivity index (χ1n) is 12.6. The number of halogens is 4. The van der Waals surface area contributed by atoms with Gasteiger partial charge in [0.05, 0.1) is 11.7 Å². The van der Waals surface area contributed by atoms with E-state index in [2.05, 4.69) is 18.4 Å². The summed E-state index contributed by atoms with van der Waals surface area (Å²) < 4.78 is 64.1. The van der Waals surface area contributed by atoms with E-state index >= 15 is 0 Å². The lowest BCUT2D eigenvalue weighted by molar-refractivity contribution is -0.00957. The van der Waals surface area contributed by atoms with Crippen LogP contribution in [-0.2, 0) is 11.2 Å². The SMILES string of the molecule is C=CCCc1c(F)cc(C#Cc2c(F)cc(C3CCC4CC(OCC)CCC4C3)cc2F)cc1F. The molecule has 2 aromatic carbocycles. The van der Waals surface area contributed by atoms with Crippen LogP contribution in [0.5, 0.6) is 0 Å². The Bertz CT molecular complexity index is 1080. The minimum absolute atomic E-state index is 0.0335. The van der Waals surface area contributed by atoms with E-state index in [0.29, 0.717) is 29.9 Å². The fraction of sp³-hybridized carbons (Fsp3) is 0.467. The zero-order chi connectivity index (χ0) is 24.9. The second-order valence-electron chi connectivity index (χ2n) is 9.78. The Balaban J connectivity index is 1.48. The number of fused-ring (bicyclic) bond motifs is 1. The highest BCUT2D eigenvalue weighted by Gasteiger charge is 2.36. The Hall–Kier alpha value is -2.58. The monoisotopic (exact) mass is 484 g/mol. The van der Waals surface area contributed by atoms with Crippen molar-refractivity contribution in [2.24, 2.45) is 11.8 Å². The van der Waals surface area contributed by atoms with Crippen LogP contribution in [0, 0.1) is 46.9 Å². The first-order chi connectivity index (χ1) is 16.9. The predicted molar refractivity (Wildman–Crippen MR) is 130 cm³/mol. The van der Waals surface area contributed by atoms with Crippen LogP contribution in [0.4, 0.5) is 17.6 Å². The first kappa shape index (κ1) is 25.5. The van der Waals surface area contributed by atoms with Crippen molar-refractivity contribution in [2.45, 2.75) is 70.3 Å². The molecule has 2 saturated carbocycles. The maximum atomic E-state index is 14.9. The van der Waals surface area contributed by atoms with E-state index in [4.69, 9.17) is 4.74 Å². The van der Waals surface area contributed by atoms with Gasteiger partial charge in [0.25, 0.3) is 0 Å². The van der Waals surface area contributed by atoms with Gasteiger partial charge in [-0.1, -0.05) is 17.9 Å². The molecule has 0 amide bonds. The largest absolute Gasteiger partial charge is 0.378 e. The summed E-state index contributed by atoms with van der Waals surface area (Å²) in [6.07, 6.45) is 8.67. The van der Waals surface area contributed by atoms with E-state index in [0.717, 1.165) is 57.3 Å². The van der Waals surface area contributed by atoms with Gasteiger partial charge in [0.15, 0.2) is 0 Å². The van der Waals surface area contributed by atoms with Crippen LogP contribution in [0.3, 0.4) is 0 Å². The number of allylic oxidation sites excluding steroid dienone is 1. The van der Waals surface area contributed by atoms with Gasteiger partial charge in [0, 0.05) is 17.7 Å². The molecule has 4 atom stereocenters. The van der Waals surface area contributed by atoms with Crippen LogP contribution < -0.4 is 0 Å². The van der Waals surface area contributed by atoms with E-state index in [-0.39, 0.29) is 29.0 Å². The molecule has 2 aliphatic rings. The molecule has 0 N–H and O–H groups in total. The van der Waals surface area contributed by atoms with E-state index in [1.807, 2.05) is 6.92 Å². The molecule has 0 aliphatic heterocycles. The van der Waals surface area contributed by atoms with Gasteiger partial charge in [-0.25, -0.2) is 17.6 Å². The van der Waals surface area contributed by atoms with E-state index < -0.39 is 23.3 Å². The number of hydrogen-bond acceptors (Lipinski definition) is 1. The van der Waals surface area contributed by atoms with Crippen molar-refractivity contribution < 1.29 is 22.3 Å². The third-order valence-electron chi connectivity index (χ3n) is 7.57. The summed E-state index contributed by atoms with van der Waals surface area (Å²) in [5, 5.41) is 0. The van der Waals surface area contributed by atoms with Crippen molar-refractivity contribution in [3.63, 3.8) is 0 Å². The van der Waals surface area contributed by atoms with Crippen molar-refractivity contribution >= 4 is 0 Å². The zero-order valence-corrected chi connectivity index (χ0v) is 20.2. The Kier molecular flexibility index (Phi) is 8.34. The van der Waals surface area contributed by atoms with Crippen LogP contribution in [0.1, 0.15) is 80.0 Å². The lowest BCUT2D eigenvalue weighted by Gasteiger charge is -2.42. The quantitative estimate of drug-likeness (QED) is 0.230. The maximum absolute atomic E-state index is 14.9. The van der Waals surface area contributed by atoms with Crippen LogP contribution in [-0.4, -0.2) is 12.7 Å². The minimum atomic E-state index is -0.738. The van der Waals surface area contributed by atoms with Gasteiger partial charge in [-0.15, -0.1) is 6.58 Å². The van der Waals surface area contributed by atoms with Gasteiger partial charge in [0.2, 0.25) is 0 Å². The fourth-order valence-corrected chi connectivity index (χ4v) is 5.78. The second kappa shape index (κ2) is 11.4. The molecular weight excluding hydrogens is 452 g/mol. The molecule has 0 radical (unpaired) electrons. The van der Waals surface area contributed by atoms with Crippen molar-refractivity contribution in [3.05, 3.63) is 82.4 Å². The molecule has 2 aromatic rings. The molecule has 0 aromatic heterocycles. The van der Waals surface area contributed by atoms with Gasteiger partial charge in [0.1, 0.15) is 23.3 Å². The van der Waals surface area contributed by atoms with E-state index in [1.165, 1.54) is 12.1 Å². The Morgan fingerprint density at radius 2 is 1.54 bits per heavy atom. The van der Waals surface area contributed by atoms with E-state index in [9.17, 15) is 17.6 Å². The summed E-state index contributed by atoms with van der Waals surface area (Å²) in [4.78, 5) is 0. The van der Waals surface area contributed by atoms with Crippen LogP contribution in [0.15, 0.2) is 36.9 Å². The predicted octanol–water partition coefficient (Wildman–Crippen LogP) is 7.85. The molecule has 4 unspecified atom stereocenters. The topological polar surface area (TPSA) is 9.23 Å². The van der Waals surface area contributed by atoms with Gasteiger partial charge >= 0.3 is 0 Å². The minimum Gasteiger partial charge on any atom is -0.378 e. The Labute approximate surface area is 205 Å². The molecule has 0 spiro atoms. The summed E-state index contributed by atoms with van der Waals surface area (Å²) in [5.41, 5.74) is 0.278. The second-order valence-corrected chi connectivity index (χ2v) is 9.78. The summed E-state index contributed by atoms with van der Waals surface area (Å²) in [7, 11) is 0. The number of rotatable bonds is 6. The fourth-order valence-electron chi connectivity index (χ4n) is 5.78. The average Bonchev–Trinajstić information content (AvgIpc) is 2.83. The molecule has 2 fully saturated rings. The summed E-state index contributed by atoms with van der Waals surface area (Å²) in [6.45, 7) is 6.32. The average molecular weight is 485 g/mol. The van der Waals surface area contributed by atoms with Crippen molar-refractivity contribution in [1.82, 2.24) is 0 Å². The molecule has 0 saturated heterocycles. The summed E-state index contributed by atoms with van der Waals surface area (Å²) in [6, 6.07) is 4.95. The Morgan fingerprint density at radius 1 is 0.886 bits per heavy atom. The smallest absolute Gasteiger partial charge is 0.142 e. The van der Waals surface area contributed by atoms with Gasteiger partial charge < -0.3 is 4.74 Å². The molecule has 35 heavy (non-hydrogen) atoms. The van der Waals surface area contributed by atoms with Gasteiger partial charge in [-0.3, -0.25) is 0 Å². The molecule has 186 valence electrons. The van der Waals surface area contributed by atoms with Crippen LogP contribution in [0.2, 0.25) is 0 Å². The maximum Gasteiger partial charge on any atom is 0.142 e. The lowest BCUT2D eigenvalue weighted by atomic mass is 9.65. The molecular formula is C30H32F4O. The summed E-state index contributed by atoms with van der Waals surface area (Å²) >= 11 is 0. The van der Waals surface area contributed by atoms with Gasteiger partial charge in [-0.05, 0) is 106 Å². The standard InChI is InChI=1S/C30H32F4O/c1-3-5-6-25-27(31)13-19(14-28(25)32)7-12-26-29(33)17-23(18-30(26)34)21-8-9-22-16-24(35-4-2)11-10-20(22)15-21/h3,13-14,17-18,20-22,24H,1,4-6,8-11,15-16H2,2H3. The highest BCUT2D eigenvalue weighted by molar-refractivity contribution is 5.46. The normalized spacial score (nSPS) is 23.8. The third kappa shape index (κ3) is 5.98. The van der Waals surface area contributed by atoms with Crippen LogP contribution in [0.25, 0.3) is 0 Å².